The molecule has 0 aliphatic carbocycles. The largest absolute Gasteiger partial charge is 0.479 e. The lowest BCUT2D eigenvalue weighted by molar-refractivity contribution is -0.143. The highest BCUT2D eigenvalue weighted by atomic mass is 32.2. The molecule has 2 saturated heterocycles. The van der Waals surface area contributed by atoms with Gasteiger partial charge < -0.3 is 20.1 Å². The van der Waals surface area contributed by atoms with E-state index in [9.17, 15) is 14.7 Å². The van der Waals surface area contributed by atoms with Gasteiger partial charge in [0.25, 0.3) is 0 Å². The molecule has 2 N–H and O–H groups in total. The van der Waals surface area contributed by atoms with Crippen LogP contribution in [-0.4, -0.2) is 65.4 Å². The second-order valence-electron chi connectivity index (χ2n) is 4.22. The van der Waals surface area contributed by atoms with Gasteiger partial charge in [-0.15, -0.1) is 0 Å². The van der Waals surface area contributed by atoms with E-state index in [2.05, 4.69) is 5.32 Å². The zero-order valence-corrected chi connectivity index (χ0v) is 10.3. The number of hydrogen-bond acceptors (Lipinski definition) is 4. The van der Waals surface area contributed by atoms with Crippen LogP contribution in [0.2, 0.25) is 0 Å². The third-order valence-electron chi connectivity index (χ3n) is 3.08. The number of aliphatic carboxylic acids is 1. The molecule has 2 rings (SSSR count). The molecule has 96 valence electrons. The van der Waals surface area contributed by atoms with Crippen LogP contribution in [0.1, 0.15) is 6.42 Å². The lowest BCUT2D eigenvalue weighted by atomic mass is 10.00. The van der Waals surface area contributed by atoms with Crippen molar-refractivity contribution in [3.63, 3.8) is 0 Å². The predicted octanol–water partition coefficient (Wildman–Crippen LogP) is -0.0115. The molecule has 2 fully saturated rings. The second kappa shape index (κ2) is 5.14. The van der Waals surface area contributed by atoms with Crippen molar-refractivity contribution in [3.8, 4) is 0 Å². The summed E-state index contributed by atoms with van der Waals surface area (Å²) in [7, 11) is 0. The zero-order valence-electron chi connectivity index (χ0n) is 9.48. The number of nitrogens with one attached hydrogen (secondary N) is 1. The van der Waals surface area contributed by atoms with E-state index in [1.165, 1.54) is 0 Å². The summed E-state index contributed by atoms with van der Waals surface area (Å²) < 4.78 is 5.15. The average molecular weight is 260 g/mol. The number of amides is 2. The molecule has 1 unspecified atom stereocenters. The van der Waals surface area contributed by atoms with E-state index in [1.54, 1.807) is 16.7 Å². The lowest BCUT2D eigenvalue weighted by Crippen LogP contribution is -2.59. The third kappa shape index (κ3) is 2.66. The van der Waals surface area contributed by atoms with Crippen LogP contribution in [0.4, 0.5) is 4.79 Å². The Morgan fingerprint density at radius 3 is 2.59 bits per heavy atom. The van der Waals surface area contributed by atoms with E-state index >= 15 is 0 Å². The number of urea groups is 1. The van der Waals surface area contributed by atoms with Crippen LogP contribution < -0.4 is 5.32 Å². The van der Waals surface area contributed by atoms with E-state index < -0.39 is 11.5 Å². The normalized spacial score (nSPS) is 29.1. The third-order valence-corrected chi connectivity index (χ3v) is 4.27. The van der Waals surface area contributed by atoms with Gasteiger partial charge in [-0.25, -0.2) is 9.59 Å². The lowest BCUT2D eigenvalue weighted by Gasteiger charge is -2.31. The monoisotopic (exact) mass is 260 g/mol. The van der Waals surface area contributed by atoms with Crippen LogP contribution in [0.15, 0.2) is 0 Å². The summed E-state index contributed by atoms with van der Waals surface area (Å²) >= 11 is 1.56. The average Bonchev–Trinajstić information content (AvgIpc) is 2.80. The van der Waals surface area contributed by atoms with Crippen molar-refractivity contribution in [1.29, 1.82) is 0 Å². The molecular weight excluding hydrogens is 244 g/mol. The fraction of sp³-hybridized carbons (Fsp3) is 0.800. The van der Waals surface area contributed by atoms with E-state index in [0.717, 1.165) is 5.75 Å². The number of carboxylic acid groups (broad SMARTS) is 1. The fourth-order valence-electron chi connectivity index (χ4n) is 1.94. The molecule has 0 aromatic carbocycles. The van der Waals surface area contributed by atoms with Gasteiger partial charge in [0.2, 0.25) is 0 Å². The molecule has 17 heavy (non-hydrogen) atoms. The molecule has 2 aliphatic heterocycles. The summed E-state index contributed by atoms with van der Waals surface area (Å²) in [4.78, 5) is 24.8. The van der Waals surface area contributed by atoms with E-state index in [4.69, 9.17) is 4.74 Å². The Bertz CT molecular complexity index is 311. The second-order valence-corrected chi connectivity index (χ2v) is 5.32. The Balaban J connectivity index is 1.98. The first-order chi connectivity index (χ1) is 8.14. The van der Waals surface area contributed by atoms with Crippen LogP contribution in [0, 0.1) is 0 Å². The fourth-order valence-corrected chi connectivity index (χ4v) is 3.26. The van der Waals surface area contributed by atoms with Crippen molar-refractivity contribution in [2.75, 3.05) is 37.8 Å². The van der Waals surface area contributed by atoms with Gasteiger partial charge in [0.1, 0.15) is 5.54 Å². The number of ether oxygens (including phenoxy) is 1. The smallest absolute Gasteiger partial charge is 0.330 e. The van der Waals surface area contributed by atoms with Gasteiger partial charge in [-0.1, -0.05) is 0 Å². The quantitative estimate of drug-likeness (QED) is 0.730. The number of carbonyl (C=O) groups is 2. The summed E-state index contributed by atoms with van der Waals surface area (Å²) in [5.41, 5.74) is -1.08. The first-order valence-electron chi connectivity index (χ1n) is 5.60. The maximum Gasteiger partial charge on any atom is 0.330 e. The highest BCUT2D eigenvalue weighted by molar-refractivity contribution is 7.99. The van der Waals surface area contributed by atoms with E-state index in [0.29, 0.717) is 38.5 Å². The Labute approximate surface area is 104 Å². The topological polar surface area (TPSA) is 78.9 Å². The van der Waals surface area contributed by atoms with Crippen molar-refractivity contribution in [3.05, 3.63) is 0 Å². The molecule has 2 aliphatic rings. The van der Waals surface area contributed by atoms with Crippen LogP contribution in [0.25, 0.3) is 0 Å². The van der Waals surface area contributed by atoms with Crippen LogP contribution >= 0.6 is 11.8 Å². The van der Waals surface area contributed by atoms with Crippen LogP contribution in [0.3, 0.4) is 0 Å². The number of carbonyl (C=O) groups excluding carboxylic acids is 1. The summed E-state index contributed by atoms with van der Waals surface area (Å²) in [6.07, 6.45) is 0.489. The van der Waals surface area contributed by atoms with Gasteiger partial charge in [-0.3, -0.25) is 0 Å². The van der Waals surface area contributed by atoms with Crippen molar-refractivity contribution >= 4 is 23.8 Å². The van der Waals surface area contributed by atoms with Crippen molar-refractivity contribution in [1.82, 2.24) is 10.2 Å². The number of morpholine rings is 1. The molecule has 0 saturated carbocycles. The molecule has 7 heteroatoms. The summed E-state index contributed by atoms with van der Waals surface area (Å²) in [5, 5.41) is 11.9. The zero-order chi connectivity index (χ0) is 12.3. The Morgan fingerprint density at radius 1 is 1.35 bits per heavy atom. The van der Waals surface area contributed by atoms with Gasteiger partial charge in [0, 0.05) is 18.8 Å². The Morgan fingerprint density at radius 2 is 2.06 bits per heavy atom. The molecule has 2 amide bonds. The molecule has 0 radical (unpaired) electrons. The maximum atomic E-state index is 12.0. The molecular formula is C10H16N2O4S. The van der Waals surface area contributed by atoms with E-state index in [1.807, 2.05) is 0 Å². The van der Waals surface area contributed by atoms with Gasteiger partial charge >= 0.3 is 12.0 Å². The highest BCUT2D eigenvalue weighted by Crippen LogP contribution is 2.28. The van der Waals surface area contributed by atoms with Crippen molar-refractivity contribution in [2.24, 2.45) is 0 Å². The van der Waals surface area contributed by atoms with Gasteiger partial charge in [-0.05, 0) is 12.2 Å². The van der Waals surface area contributed by atoms with Crippen LogP contribution in [-0.2, 0) is 9.53 Å². The minimum absolute atomic E-state index is 0.293. The molecule has 6 nitrogen and oxygen atoms in total. The number of thioether (sulfide) groups is 1. The number of carboxylic acids is 1. The first kappa shape index (κ1) is 12.5. The van der Waals surface area contributed by atoms with Crippen LogP contribution in [0.5, 0.6) is 0 Å². The van der Waals surface area contributed by atoms with Crippen molar-refractivity contribution in [2.45, 2.75) is 12.0 Å². The highest BCUT2D eigenvalue weighted by Gasteiger charge is 2.44. The standard InChI is InChI=1S/C10H16N2O4S/c13-8(14)10(1-6-17-7-10)11-9(15)12-2-4-16-5-3-12/h1-7H2,(H,11,15)(H,13,14). The summed E-state index contributed by atoms with van der Waals surface area (Å²) in [6.45, 7) is 2.08. The van der Waals surface area contributed by atoms with Gasteiger partial charge in [0.15, 0.2) is 0 Å². The Hall–Kier alpha value is -0.950. The SMILES string of the molecule is O=C(NC1(C(=O)O)CCSC1)N1CCOCC1. The summed E-state index contributed by atoms with van der Waals surface area (Å²) in [6, 6.07) is -0.293. The molecule has 0 spiro atoms. The molecule has 0 aromatic rings. The summed E-state index contributed by atoms with van der Waals surface area (Å²) in [5.74, 6) is 0.276. The van der Waals surface area contributed by atoms with Crippen molar-refractivity contribution < 1.29 is 19.4 Å². The number of rotatable bonds is 2. The minimum Gasteiger partial charge on any atom is -0.479 e. The minimum atomic E-state index is -1.08. The molecule has 0 aromatic heterocycles. The maximum absolute atomic E-state index is 12.0. The first-order valence-corrected chi connectivity index (χ1v) is 6.75. The number of nitrogens with zero attached hydrogens (tertiary/aromatic N) is 1. The number of hydrogen-bond donors (Lipinski definition) is 2. The molecule has 1 atom stereocenters. The Kier molecular flexibility index (Phi) is 3.78. The van der Waals surface area contributed by atoms with Gasteiger partial charge in [0.05, 0.1) is 13.2 Å². The van der Waals surface area contributed by atoms with Gasteiger partial charge in [-0.2, -0.15) is 11.8 Å². The molecule has 2 heterocycles. The predicted molar refractivity (Wildman–Crippen MR) is 63.2 cm³/mol. The van der Waals surface area contributed by atoms with E-state index in [-0.39, 0.29) is 6.03 Å². The molecule has 0 bridgehead atoms.